The van der Waals surface area contributed by atoms with Crippen LogP contribution >= 0.6 is 11.6 Å². The Balaban J connectivity index is 1.97. The lowest BCUT2D eigenvalue weighted by Crippen LogP contribution is -2.16. The molecule has 0 aliphatic rings. The summed E-state index contributed by atoms with van der Waals surface area (Å²) in [7, 11) is 3.11. The largest absolute Gasteiger partial charge is 0.497 e. The number of carbonyl (C=O) groups is 1. The van der Waals surface area contributed by atoms with Crippen molar-refractivity contribution >= 4 is 23.2 Å². The predicted molar refractivity (Wildman–Crippen MR) is 100 cm³/mol. The Kier molecular flexibility index (Phi) is 6.89. The third-order valence-corrected chi connectivity index (χ3v) is 3.78. The molecule has 2 N–H and O–H groups in total. The van der Waals surface area contributed by atoms with Crippen molar-refractivity contribution in [3.8, 4) is 17.6 Å². The predicted octanol–water partition coefficient (Wildman–Crippen LogP) is 3.49. The molecule has 0 unspecified atom stereocenters. The molecule has 0 bridgehead atoms. The maximum Gasteiger partial charge on any atom is 0.267 e. The van der Waals surface area contributed by atoms with Crippen LogP contribution in [0.15, 0.2) is 54.2 Å². The molecule has 2 aromatic rings. The van der Waals surface area contributed by atoms with E-state index in [9.17, 15) is 10.1 Å². The maximum absolute atomic E-state index is 12.2. The van der Waals surface area contributed by atoms with Crippen LogP contribution in [0.2, 0.25) is 5.02 Å². The summed E-state index contributed by atoms with van der Waals surface area (Å²) < 4.78 is 10.2. The third-order valence-electron chi connectivity index (χ3n) is 3.49. The number of anilines is 1. The highest BCUT2D eigenvalue weighted by Crippen LogP contribution is 2.27. The van der Waals surface area contributed by atoms with E-state index in [0.717, 1.165) is 11.3 Å². The molecule has 0 aromatic heterocycles. The van der Waals surface area contributed by atoms with Crippen LogP contribution in [0, 0.1) is 11.3 Å². The van der Waals surface area contributed by atoms with Crippen molar-refractivity contribution < 1.29 is 14.3 Å². The van der Waals surface area contributed by atoms with Gasteiger partial charge in [0.05, 0.1) is 19.2 Å². The Morgan fingerprint density at radius 2 is 1.92 bits per heavy atom. The number of benzene rings is 2. The average molecular weight is 372 g/mol. The number of hydrogen-bond donors (Lipinski definition) is 2. The number of rotatable bonds is 7. The molecule has 2 rings (SSSR count). The van der Waals surface area contributed by atoms with E-state index in [0.29, 0.717) is 23.0 Å². The molecular formula is C19H18ClN3O3. The van der Waals surface area contributed by atoms with Gasteiger partial charge >= 0.3 is 0 Å². The smallest absolute Gasteiger partial charge is 0.267 e. The highest BCUT2D eigenvalue weighted by molar-refractivity contribution is 6.32. The Morgan fingerprint density at radius 3 is 2.50 bits per heavy atom. The van der Waals surface area contributed by atoms with Crippen LogP contribution in [0.5, 0.6) is 11.5 Å². The molecule has 0 heterocycles. The van der Waals surface area contributed by atoms with Gasteiger partial charge in [0.1, 0.15) is 23.1 Å². The average Bonchev–Trinajstić information content (AvgIpc) is 2.66. The number of methoxy groups -OCH3 is 2. The number of carbonyl (C=O) groups excluding carboxylic acids is 1. The van der Waals surface area contributed by atoms with Crippen molar-refractivity contribution in [1.29, 1.82) is 5.26 Å². The molecule has 6 nitrogen and oxygen atoms in total. The van der Waals surface area contributed by atoms with Crippen LogP contribution in [-0.2, 0) is 11.3 Å². The van der Waals surface area contributed by atoms with Gasteiger partial charge < -0.3 is 20.1 Å². The maximum atomic E-state index is 12.2. The molecule has 0 saturated carbocycles. The van der Waals surface area contributed by atoms with Gasteiger partial charge in [-0.3, -0.25) is 4.79 Å². The number of amides is 1. The van der Waals surface area contributed by atoms with E-state index in [4.69, 9.17) is 21.1 Å². The normalized spacial score (nSPS) is 10.6. The summed E-state index contributed by atoms with van der Waals surface area (Å²) in [6, 6.07) is 14.2. The molecule has 0 fully saturated rings. The number of nitrogens with zero attached hydrogens (tertiary/aromatic N) is 1. The fraction of sp³-hybridized carbons (Fsp3) is 0.158. The first kappa shape index (κ1) is 19.2. The molecule has 1 amide bonds. The van der Waals surface area contributed by atoms with Crippen LogP contribution in [0.3, 0.4) is 0 Å². The van der Waals surface area contributed by atoms with Gasteiger partial charge in [0.25, 0.3) is 5.91 Å². The molecule has 0 aliphatic heterocycles. The Hall–Kier alpha value is -3.17. The molecule has 2 aromatic carbocycles. The van der Waals surface area contributed by atoms with E-state index in [1.54, 1.807) is 25.3 Å². The van der Waals surface area contributed by atoms with Crippen molar-refractivity contribution in [2.24, 2.45) is 0 Å². The van der Waals surface area contributed by atoms with Crippen LogP contribution in [-0.4, -0.2) is 20.1 Å². The van der Waals surface area contributed by atoms with E-state index in [1.165, 1.54) is 13.3 Å². The minimum atomic E-state index is -0.532. The highest BCUT2D eigenvalue weighted by atomic mass is 35.5. The molecule has 0 aliphatic carbocycles. The van der Waals surface area contributed by atoms with Crippen molar-refractivity contribution in [3.05, 3.63) is 64.8 Å². The van der Waals surface area contributed by atoms with Crippen LogP contribution in [0.25, 0.3) is 0 Å². The molecular weight excluding hydrogens is 354 g/mol. The molecule has 26 heavy (non-hydrogen) atoms. The monoisotopic (exact) mass is 371 g/mol. The minimum Gasteiger partial charge on any atom is -0.497 e. The van der Waals surface area contributed by atoms with Gasteiger partial charge in [-0.15, -0.1) is 0 Å². The van der Waals surface area contributed by atoms with Crippen molar-refractivity contribution in [2.75, 3.05) is 19.5 Å². The SMILES string of the molecule is COc1ccc(CN/C=C(/C#N)C(=O)Nc2ccc(OC)c(Cl)c2)cc1. The fourth-order valence-electron chi connectivity index (χ4n) is 2.11. The molecule has 0 atom stereocenters. The van der Waals surface area contributed by atoms with Gasteiger partial charge in [-0.25, -0.2) is 0 Å². The van der Waals surface area contributed by atoms with Gasteiger partial charge in [0, 0.05) is 18.4 Å². The molecule has 0 saturated heterocycles. The lowest BCUT2D eigenvalue weighted by molar-refractivity contribution is -0.112. The third kappa shape index (κ3) is 5.16. The standard InChI is InChI=1S/C19H18ClN3O3/c1-25-16-6-3-13(4-7-16)11-22-12-14(10-21)19(24)23-15-5-8-18(26-2)17(20)9-15/h3-9,12,22H,11H2,1-2H3,(H,23,24)/b14-12-. The van der Waals surface area contributed by atoms with Gasteiger partial charge in [0.2, 0.25) is 0 Å². The zero-order valence-electron chi connectivity index (χ0n) is 14.4. The summed E-state index contributed by atoms with van der Waals surface area (Å²) in [6.45, 7) is 0.469. The van der Waals surface area contributed by atoms with Gasteiger partial charge in [-0.1, -0.05) is 23.7 Å². The van der Waals surface area contributed by atoms with E-state index in [1.807, 2.05) is 30.3 Å². The summed E-state index contributed by atoms with van der Waals surface area (Å²) in [5.74, 6) is 0.734. The lowest BCUT2D eigenvalue weighted by atomic mass is 10.2. The number of nitrogens with one attached hydrogen (secondary N) is 2. The summed E-state index contributed by atoms with van der Waals surface area (Å²) in [4.78, 5) is 12.2. The molecule has 7 heteroatoms. The highest BCUT2D eigenvalue weighted by Gasteiger charge is 2.10. The summed E-state index contributed by atoms with van der Waals surface area (Å²) in [5, 5.41) is 15.1. The molecule has 134 valence electrons. The number of ether oxygens (including phenoxy) is 2. The first-order valence-electron chi connectivity index (χ1n) is 7.69. The molecule has 0 radical (unpaired) electrons. The Labute approximate surface area is 157 Å². The van der Waals surface area contributed by atoms with E-state index in [-0.39, 0.29) is 5.57 Å². The van der Waals surface area contributed by atoms with E-state index in [2.05, 4.69) is 10.6 Å². The van der Waals surface area contributed by atoms with Crippen molar-refractivity contribution in [1.82, 2.24) is 5.32 Å². The lowest BCUT2D eigenvalue weighted by Gasteiger charge is -2.08. The summed E-state index contributed by atoms with van der Waals surface area (Å²) in [6.07, 6.45) is 1.38. The van der Waals surface area contributed by atoms with E-state index < -0.39 is 5.91 Å². The zero-order chi connectivity index (χ0) is 18.9. The van der Waals surface area contributed by atoms with Gasteiger partial charge in [-0.05, 0) is 35.9 Å². The number of halogens is 1. The van der Waals surface area contributed by atoms with E-state index >= 15 is 0 Å². The first-order chi connectivity index (χ1) is 12.6. The molecule has 0 spiro atoms. The topological polar surface area (TPSA) is 83.4 Å². The Bertz CT molecular complexity index is 842. The number of hydrogen-bond acceptors (Lipinski definition) is 5. The van der Waals surface area contributed by atoms with Crippen LogP contribution in [0.1, 0.15) is 5.56 Å². The summed E-state index contributed by atoms with van der Waals surface area (Å²) >= 11 is 6.02. The van der Waals surface area contributed by atoms with Gasteiger partial charge in [-0.2, -0.15) is 5.26 Å². The quantitative estimate of drug-likeness (QED) is 0.575. The van der Waals surface area contributed by atoms with Crippen LogP contribution in [0.4, 0.5) is 5.69 Å². The first-order valence-corrected chi connectivity index (χ1v) is 8.06. The van der Waals surface area contributed by atoms with Crippen LogP contribution < -0.4 is 20.1 Å². The van der Waals surface area contributed by atoms with Gasteiger partial charge in [0.15, 0.2) is 0 Å². The van der Waals surface area contributed by atoms with Crippen molar-refractivity contribution in [2.45, 2.75) is 6.54 Å². The second-order valence-corrected chi connectivity index (χ2v) is 5.61. The second-order valence-electron chi connectivity index (χ2n) is 5.20. The second kappa shape index (κ2) is 9.35. The number of nitriles is 1. The van der Waals surface area contributed by atoms with Crippen molar-refractivity contribution in [3.63, 3.8) is 0 Å². The zero-order valence-corrected chi connectivity index (χ0v) is 15.1. The summed E-state index contributed by atoms with van der Waals surface area (Å²) in [5.41, 5.74) is 1.41. The minimum absolute atomic E-state index is 0.0505. The Morgan fingerprint density at radius 1 is 1.19 bits per heavy atom. The fourth-order valence-corrected chi connectivity index (χ4v) is 2.36.